The van der Waals surface area contributed by atoms with Crippen LogP contribution in [0.4, 0.5) is 0 Å². The molecule has 92 valence electrons. The molecular formula is C12H13N5O. The van der Waals surface area contributed by atoms with Crippen LogP contribution in [0.5, 0.6) is 0 Å². The maximum Gasteiger partial charge on any atom is 0.261 e. The smallest absolute Gasteiger partial charge is 0.261 e. The first-order valence-corrected chi connectivity index (χ1v) is 5.75. The first-order chi connectivity index (χ1) is 8.74. The number of pyridine rings is 1. The summed E-state index contributed by atoms with van der Waals surface area (Å²) in [6, 6.07) is 5.83. The summed E-state index contributed by atoms with van der Waals surface area (Å²) in [5.74, 6) is 1.10. The largest absolute Gasteiger partial charge is 0.334 e. The average Bonchev–Trinajstić information content (AvgIpc) is 2.94. The lowest BCUT2D eigenvalue weighted by Crippen LogP contribution is -2.18. The summed E-state index contributed by atoms with van der Waals surface area (Å²) in [7, 11) is 0. The molecule has 18 heavy (non-hydrogen) atoms. The molecule has 3 aromatic rings. The van der Waals surface area contributed by atoms with Crippen LogP contribution in [0.15, 0.2) is 35.1 Å². The summed E-state index contributed by atoms with van der Waals surface area (Å²) in [6.07, 6.45) is 4.19. The third kappa shape index (κ3) is 1.86. The van der Waals surface area contributed by atoms with Crippen LogP contribution in [-0.2, 0) is 6.42 Å². The van der Waals surface area contributed by atoms with E-state index < -0.39 is 0 Å². The number of aromatic nitrogens is 4. The fourth-order valence-corrected chi connectivity index (χ4v) is 1.83. The van der Waals surface area contributed by atoms with Crippen LogP contribution in [0.3, 0.4) is 0 Å². The van der Waals surface area contributed by atoms with Crippen molar-refractivity contribution in [3.8, 4) is 11.5 Å². The number of hydrogen-bond acceptors (Lipinski definition) is 5. The van der Waals surface area contributed by atoms with Gasteiger partial charge < -0.3 is 10.3 Å². The van der Waals surface area contributed by atoms with Crippen LogP contribution >= 0.6 is 0 Å². The van der Waals surface area contributed by atoms with Gasteiger partial charge in [0.15, 0.2) is 5.82 Å². The molecule has 1 unspecified atom stereocenters. The molecule has 3 aromatic heterocycles. The Kier molecular flexibility index (Phi) is 2.56. The van der Waals surface area contributed by atoms with Crippen molar-refractivity contribution in [2.45, 2.75) is 19.4 Å². The van der Waals surface area contributed by atoms with Gasteiger partial charge >= 0.3 is 0 Å². The first kappa shape index (κ1) is 10.9. The summed E-state index contributed by atoms with van der Waals surface area (Å²) < 4.78 is 7.02. The zero-order valence-electron chi connectivity index (χ0n) is 9.95. The third-order valence-corrected chi connectivity index (χ3v) is 2.63. The van der Waals surface area contributed by atoms with E-state index in [4.69, 9.17) is 10.3 Å². The van der Waals surface area contributed by atoms with E-state index in [-0.39, 0.29) is 6.04 Å². The van der Waals surface area contributed by atoms with Crippen molar-refractivity contribution in [3.63, 3.8) is 0 Å². The van der Waals surface area contributed by atoms with Gasteiger partial charge in [0, 0.05) is 18.7 Å². The van der Waals surface area contributed by atoms with Crippen LogP contribution < -0.4 is 5.73 Å². The molecule has 0 saturated carbocycles. The monoisotopic (exact) mass is 243 g/mol. The SMILES string of the molecule is CC(N)Cc1noc(-c2cnn3ccccc23)n1. The summed E-state index contributed by atoms with van der Waals surface area (Å²) in [6.45, 7) is 1.91. The minimum Gasteiger partial charge on any atom is -0.334 e. The Morgan fingerprint density at radius 1 is 1.44 bits per heavy atom. The van der Waals surface area contributed by atoms with E-state index in [2.05, 4.69) is 15.2 Å². The highest BCUT2D eigenvalue weighted by molar-refractivity contribution is 5.74. The summed E-state index contributed by atoms with van der Waals surface area (Å²) in [5.41, 5.74) is 7.48. The van der Waals surface area contributed by atoms with E-state index in [1.54, 1.807) is 10.7 Å². The zero-order valence-corrected chi connectivity index (χ0v) is 9.95. The molecular weight excluding hydrogens is 230 g/mol. The molecule has 0 spiro atoms. The molecule has 0 aliphatic heterocycles. The molecule has 0 aliphatic rings. The van der Waals surface area contributed by atoms with Crippen molar-refractivity contribution < 1.29 is 4.52 Å². The molecule has 0 saturated heterocycles. The Morgan fingerprint density at radius 3 is 3.17 bits per heavy atom. The van der Waals surface area contributed by atoms with Gasteiger partial charge in [-0.2, -0.15) is 10.1 Å². The number of rotatable bonds is 3. The molecule has 6 heteroatoms. The molecule has 0 aromatic carbocycles. The second-order valence-electron chi connectivity index (χ2n) is 4.29. The van der Waals surface area contributed by atoms with Gasteiger partial charge in [0.2, 0.25) is 0 Å². The van der Waals surface area contributed by atoms with Crippen molar-refractivity contribution in [1.29, 1.82) is 0 Å². The molecule has 0 fully saturated rings. The van der Waals surface area contributed by atoms with Gasteiger partial charge in [0.05, 0.1) is 17.3 Å². The highest BCUT2D eigenvalue weighted by Crippen LogP contribution is 2.22. The fraction of sp³-hybridized carbons (Fsp3) is 0.250. The molecule has 3 heterocycles. The van der Waals surface area contributed by atoms with Crippen LogP contribution in [0, 0.1) is 0 Å². The van der Waals surface area contributed by atoms with Crippen molar-refractivity contribution in [2.75, 3.05) is 0 Å². The molecule has 2 N–H and O–H groups in total. The van der Waals surface area contributed by atoms with Crippen LogP contribution in [-0.4, -0.2) is 25.8 Å². The minimum absolute atomic E-state index is 0.0133. The van der Waals surface area contributed by atoms with E-state index in [1.807, 2.05) is 31.3 Å². The second kappa shape index (κ2) is 4.23. The van der Waals surface area contributed by atoms with Crippen molar-refractivity contribution in [1.82, 2.24) is 19.8 Å². The van der Waals surface area contributed by atoms with E-state index >= 15 is 0 Å². The lowest BCUT2D eigenvalue weighted by atomic mass is 10.2. The van der Waals surface area contributed by atoms with Gasteiger partial charge in [-0.1, -0.05) is 11.2 Å². The molecule has 0 amide bonds. The number of nitrogens with two attached hydrogens (primary N) is 1. The van der Waals surface area contributed by atoms with Crippen molar-refractivity contribution in [2.24, 2.45) is 5.73 Å². The third-order valence-electron chi connectivity index (χ3n) is 2.63. The quantitative estimate of drug-likeness (QED) is 0.749. The molecule has 0 bridgehead atoms. The van der Waals surface area contributed by atoms with Crippen LogP contribution in [0.25, 0.3) is 17.0 Å². The van der Waals surface area contributed by atoms with Gasteiger partial charge in [-0.15, -0.1) is 0 Å². The summed E-state index contributed by atoms with van der Waals surface area (Å²) in [4.78, 5) is 4.33. The molecule has 0 aliphatic carbocycles. The average molecular weight is 243 g/mol. The van der Waals surface area contributed by atoms with Crippen molar-refractivity contribution in [3.05, 3.63) is 36.4 Å². The van der Waals surface area contributed by atoms with Gasteiger partial charge in [-0.05, 0) is 19.1 Å². The standard InChI is InChI=1S/C12H13N5O/c1-8(13)6-11-15-12(18-16-11)9-7-14-17-5-3-2-4-10(9)17/h2-5,7-8H,6,13H2,1H3. The Labute approximate surface area is 103 Å². The predicted molar refractivity (Wildman–Crippen MR) is 65.8 cm³/mol. The Bertz CT molecular complexity index is 670. The summed E-state index contributed by atoms with van der Waals surface area (Å²) in [5, 5.41) is 8.15. The topological polar surface area (TPSA) is 82.2 Å². The molecule has 0 radical (unpaired) electrons. The van der Waals surface area contributed by atoms with Gasteiger partial charge in [0.25, 0.3) is 5.89 Å². The number of fused-ring (bicyclic) bond motifs is 1. The normalized spacial score (nSPS) is 13.0. The number of nitrogens with zero attached hydrogens (tertiary/aromatic N) is 4. The highest BCUT2D eigenvalue weighted by atomic mass is 16.5. The van der Waals surface area contributed by atoms with E-state index in [9.17, 15) is 0 Å². The Hall–Kier alpha value is -2.21. The van der Waals surface area contributed by atoms with Gasteiger partial charge in [-0.25, -0.2) is 4.52 Å². The lowest BCUT2D eigenvalue weighted by molar-refractivity contribution is 0.421. The summed E-state index contributed by atoms with van der Waals surface area (Å²) >= 11 is 0. The Morgan fingerprint density at radius 2 is 2.33 bits per heavy atom. The number of hydrogen-bond donors (Lipinski definition) is 1. The second-order valence-corrected chi connectivity index (χ2v) is 4.29. The zero-order chi connectivity index (χ0) is 12.5. The van der Waals surface area contributed by atoms with E-state index in [0.717, 1.165) is 11.1 Å². The van der Waals surface area contributed by atoms with Crippen LogP contribution in [0.2, 0.25) is 0 Å². The van der Waals surface area contributed by atoms with Gasteiger partial charge in [0.1, 0.15) is 0 Å². The van der Waals surface area contributed by atoms with Crippen LogP contribution in [0.1, 0.15) is 12.7 Å². The van der Waals surface area contributed by atoms with E-state index in [0.29, 0.717) is 18.1 Å². The minimum atomic E-state index is 0.0133. The molecule has 6 nitrogen and oxygen atoms in total. The Balaban J connectivity index is 2.01. The maximum atomic E-state index is 5.70. The maximum absolute atomic E-state index is 5.70. The first-order valence-electron chi connectivity index (χ1n) is 5.75. The van der Waals surface area contributed by atoms with E-state index in [1.165, 1.54) is 0 Å². The predicted octanol–water partition coefficient (Wildman–Crippen LogP) is 1.27. The van der Waals surface area contributed by atoms with Crippen molar-refractivity contribution >= 4 is 5.52 Å². The molecule has 3 rings (SSSR count). The lowest BCUT2D eigenvalue weighted by Gasteiger charge is -1.96. The molecule has 1 atom stereocenters. The highest BCUT2D eigenvalue weighted by Gasteiger charge is 2.14. The van der Waals surface area contributed by atoms with Gasteiger partial charge in [-0.3, -0.25) is 0 Å². The fourth-order valence-electron chi connectivity index (χ4n) is 1.83.